The van der Waals surface area contributed by atoms with Gasteiger partial charge in [-0.15, -0.1) is 0 Å². The summed E-state index contributed by atoms with van der Waals surface area (Å²) in [5.74, 6) is 0. The molecule has 1 N–H and O–H groups in total. The number of hydrogen-bond acceptors (Lipinski definition) is 1. The fourth-order valence-corrected chi connectivity index (χ4v) is 3.33. The highest BCUT2D eigenvalue weighted by Crippen LogP contribution is 2.46. The SMILES string of the molecule is C1=CC2(CCCN2)C2=Cc3ccccc3C2=C1. The summed E-state index contributed by atoms with van der Waals surface area (Å²) in [5, 5.41) is 3.68. The van der Waals surface area contributed by atoms with Crippen LogP contribution in [-0.4, -0.2) is 12.1 Å². The number of fused-ring (bicyclic) bond motifs is 4. The van der Waals surface area contributed by atoms with E-state index in [1.54, 1.807) is 0 Å². The van der Waals surface area contributed by atoms with Crippen LogP contribution in [0.1, 0.15) is 24.0 Å². The van der Waals surface area contributed by atoms with E-state index in [0.29, 0.717) is 0 Å². The van der Waals surface area contributed by atoms with E-state index < -0.39 is 0 Å². The molecule has 1 spiro atoms. The second-order valence-corrected chi connectivity index (χ2v) is 5.09. The molecule has 0 amide bonds. The summed E-state index contributed by atoms with van der Waals surface area (Å²) in [5.41, 5.74) is 5.75. The molecule has 1 atom stereocenters. The summed E-state index contributed by atoms with van der Waals surface area (Å²) >= 11 is 0. The van der Waals surface area contributed by atoms with Crippen molar-refractivity contribution in [2.75, 3.05) is 6.54 Å². The molecule has 1 unspecified atom stereocenters. The molecular formula is C16H15N. The first kappa shape index (κ1) is 9.43. The highest BCUT2D eigenvalue weighted by Gasteiger charge is 2.40. The van der Waals surface area contributed by atoms with Gasteiger partial charge in [0.1, 0.15) is 0 Å². The van der Waals surface area contributed by atoms with Gasteiger partial charge < -0.3 is 5.32 Å². The van der Waals surface area contributed by atoms with Crippen LogP contribution in [0.5, 0.6) is 0 Å². The molecule has 1 aliphatic heterocycles. The molecule has 1 aromatic rings. The molecule has 1 heterocycles. The minimum atomic E-state index is 0.114. The van der Waals surface area contributed by atoms with Gasteiger partial charge in [-0.05, 0) is 47.7 Å². The maximum Gasteiger partial charge on any atom is 0.0630 e. The Hall–Kier alpha value is -1.60. The lowest BCUT2D eigenvalue weighted by molar-refractivity contribution is 0.564. The molecule has 1 fully saturated rings. The Balaban J connectivity index is 1.92. The molecule has 3 aliphatic rings. The van der Waals surface area contributed by atoms with Crippen LogP contribution in [0.4, 0.5) is 0 Å². The maximum absolute atomic E-state index is 3.68. The van der Waals surface area contributed by atoms with Crippen molar-refractivity contribution in [3.8, 4) is 0 Å². The second kappa shape index (κ2) is 3.21. The lowest BCUT2D eigenvalue weighted by atomic mass is 9.80. The third kappa shape index (κ3) is 1.18. The predicted molar refractivity (Wildman–Crippen MR) is 71.5 cm³/mol. The van der Waals surface area contributed by atoms with Crippen molar-refractivity contribution in [1.29, 1.82) is 0 Å². The van der Waals surface area contributed by atoms with E-state index >= 15 is 0 Å². The first-order chi connectivity index (χ1) is 8.39. The molecule has 1 saturated heterocycles. The number of allylic oxidation sites excluding steroid dienone is 2. The summed E-state index contributed by atoms with van der Waals surface area (Å²) in [6.45, 7) is 1.13. The molecular weight excluding hydrogens is 206 g/mol. The minimum Gasteiger partial charge on any atom is -0.304 e. The zero-order valence-corrected chi connectivity index (χ0v) is 9.74. The average Bonchev–Trinajstić information content (AvgIpc) is 2.96. The first-order valence-electron chi connectivity index (χ1n) is 6.36. The first-order valence-corrected chi connectivity index (χ1v) is 6.36. The Morgan fingerprint density at radius 3 is 3.00 bits per heavy atom. The zero-order chi connectivity index (χ0) is 11.3. The van der Waals surface area contributed by atoms with Crippen LogP contribution in [0.2, 0.25) is 0 Å². The topological polar surface area (TPSA) is 12.0 Å². The van der Waals surface area contributed by atoms with Gasteiger partial charge in [0.05, 0.1) is 5.54 Å². The highest BCUT2D eigenvalue weighted by atomic mass is 15.0. The van der Waals surface area contributed by atoms with E-state index in [9.17, 15) is 0 Å². The standard InChI is InChI=1S/C16H15N/c1-2-6-13-12(5-1)11-15-14(13)7-3-8-16(15)9-4-10-17-16/h1-3,5-8,11,17H,4,9-10H2. The second-order valence-electron chi connectivity index (χ2n) is 5.09. The van der Waals surface area contributed by atoms with Crippen molar-refractivity contribution in [3.63, 3.8) is 0 Å². The summed E-state index contributed by atoms with van der Waals surface area (Å²) in [7, 11) is 0. The summed E-state index contributed by atoms with van der Waals surface area (Å²) in [4.78, 5) is 0. The molecule has 17 heavy (non-hydrogen) atoms. The van der Waals surface area contributed by atoms with Crippen LogP contribution in [-0.2, 0) is 0 Å². The molecule has 0 saturated carbocycles. The van der Waals surface area contributed by atoms with Crippen LogP contribution in [0.3, 0.4) is 0 Å². The lowest BCUT2D eigenvalue weighted by Crippen LogP contribution is -2.40. The van der Waals surface area contributed by atoms with Crippen molar-refractivity contribution >= 4 is 11.6 Å². The van der Waals surface area contributed by atoms with Gasteiger partial charge in [-0.1, -0.05) is 42.5 Å². The van der Waals surface area contributed by atoms with Crippen molar-refractivity contribution in [1.82, 2.24) is 5.32 Å². The smallest absolute Gasteiger partial charge is 0.0630 e. The molecule has 0 aromatic heterocycles. The number of hydrogen-bond donors (Lipinski definition) is 1. The maximum atomic E-state index is 3.68. The Bertz CT molecular complexity index is 569. The largest absolute Gasteiger partial charge is 0.304 e. The molecule has 2 aliphatic carbocycles. The van der Waals surface area contributed by atoms with Crippen molar-refractivity contribution in [3.05, 3.63) is 59.2 Å². The number of benzene rings is 1. The van der Waals surface area contributed by atoms with E-state index in [1.807, 2.05) is 0 Å². The van der Waals surface area contributed by atoms with Crippen LogP contribution < -0.4 is 5.32 Å². The van der Waals surface area contributed by atoms with Crippen molar-refractivity contribution < 1.29 is 0 Å². The van der Waals surface area contributed by atoms with Gasteiger partial charge in [0, 0.05) is 0 Å². The molecule has 1 aromatic carbocycles. The fraction of sp³-hybridized carbons (Fsp3) is 0.250. The van der Waals surface area contributed by atoms with Crippen molar-refractivity contribution in [2.45, 2.75) is 18.4 Å². The third-order valence-corrected chi connectivity index (χ3v) is 4.15. The van der Waals surface area contributed by atoms with E-state index in [0.717, 1.165) is 6.54 Å². The van der Waals surface area contributed by atoms with Crippen molar-refractivity contribution in [2.24, 2.45) is 0 Å². The number of nitrogens with one attached hydrogen (secondary N) is 1. The Kier molecular flexibility index (Phi) is 1.78. The van der Waals surface area contributed by atoms with Crippen LogP contribution >= 0.6 is 0 Å². The van der Waals surface area contributed by atoms with Gasteiger partial charge in [0.25, 0.3) is 0 Å². The highest BCUT2D eigenvalue weighted by molar-refractivity contribution is 5.98. The van der Waals surface area contributed by atoms with Gasteiger partial charge in [0.15, 0.2) is 0 Å². The van der Waals surface area contributed by atoms with E-state index in [-0.39, 0.29) is 5.54 Å². The quantitative estimate of drug-likeness (QED) is 0.709. The monoisotopic (exact) mass is 221 g/mol. The van der Waals surface area contributed by atoms with E-state index in [4.69, 9.17) is 0 Å². The summed E-state index contributed by atoms with van der Waals surface area (Å²) in [6.07, 6.45) is 11.7. The van der Waals surface area contributed by atoms with Crippen LogP contribution in [0, 0.1) is 0 Å². The number of rotatable bonds is 0. The minimum absolute atomic E-state index is 0.114. The molecule has 1 nitrogen and oxygen atoms in total. The summed E-state index contributed by atoms with van der Waals surface area (Å²) in [6, 6.07) is 8.69. The lowest BCUT2D eigenvalue weighted by Gasteiger charge is -2.31. The third-order valence-electron chi connectivity index (χ3n) is 4.15. The van der Waals surface area contributed by atoms with Gasteiger partial charge >= 0.3 is 0 Å². The van der Waals surface area contributed by atoms with Crippen LogP contribution in [0.15, 0.2) is 48.1 Å². The Morgan fingerprint density at radius 2 is 2.12 bits per heavy atom. The summed E-state index contributed by atoms with van der Waals surface area (Å²) < 4.78 is 0. The predicted octanol–water partition coefficient (Wildman–Crippen LogP) is 3.16. The van der Waals surface area contributed by atoms with Gasteiger partial charge in [-0.3, -0.25) is 0 Å². The molecule has 84 valence electrons. The van der Waals surface area contributed by atoms with E-state index in [2.05, 4.69) is 53.9 Å². The molecule has 4 rings (SSSR count). The Labute approximate surface area is 102 Å². The van der Waals surface area contributed by atoms with Crippen LogP contribution in [0.25, 0.3) is 11.6 Å². The normalized spacial score (nSPS) is 28.9. The van der Waals surface area contributed by atoms with E-state index in [1.165, 1.54) is 35.1 Å². The Morgan fingerprint density at radius 1 is 1.18 bits per heavy atom. The van der Waals surface area contributed by atoms with Gasteiger partial charge in [0.2, 0.25) is 0 Å². The van der Waals surface area contributed by atoms with Gasteiger partial charge in [-0.2, -0.15) is 0 Å². The zero-order valence-electron chi connectivity index (χ0n) is 9.74. The molecule has 1 heteroatoms. The average molecular weight is 221 g/mol. The molecule has 0 radical (unpaired) electrons. The molecule has 0 bridgehead atoms. The fourth-order valence-electron chi connectivity index (χ4n) is 3.33. The van der Waals surface area contributed by atoms with Gasteiger partial charge in [-0.25, -0.2) is 0 Å².